The molecule has 0 bridgehead atoms. The summed E-state index contributed by atoms with van der Waals surface area (Å²) in [5.74, 6) is 1.06. The molecule has 1 aliphatic rings. The second-order valence-electron chi connectivity index (χ2n) is 5.90. The van der Waals surface area contributed by atoms with E-state index in [1.807, 2.05) is 55.5 Å². The van der Waals surface area contributed by atoms with Crippen molar-refractivity contribution in [3.63, 3.8) is 0 Å². The molecule has 0 saturated carbocycles. The predicted molar refractivity (Wildman–Crippen MR) is 98.9 cm³/mol. The van der Waals surface area contributed by atoms with Gasteiger partial charge in [0.1, 0.15) is 11.5 Å². The molecule has 1 saturated heterocycles. The van der Waals surface area contributed by atoms with E-state index in [9.17, 15) is 9.59 Å². The molecule has 124 valence electrons. The fraction of sp³-hybridized carbons (Fsp3) is 0.100. The molecule has 0 atom stereocenters. The molecule has 0 N–H and O–H groups in total. The van der Waals surface area contributed by atoms with Crippen molar-refractivity contribution in [3.8, 4) is 0 Å². The average molecular weight is 349 g/mol. The zero-order chi connectivity index (χ0) is 17.4. The minimum atomic E-state index is -0.280. The lowest BCUT2D eigenvalue weighted by Gasteiger charge is -2.13. The SMILES string of the molecule is Cc1ccc(/C=C2\SC(=O)N(Cc3ccc4ccccc4c3)C2=O)o1. The van der Waals surface area contributed by atoms with E-state index >= 15 is 0 Å². The van der Waals surface area contributed by atoms with Crippen LogP contribution in [0.25, 0.3) is 16.8 Å². The van der Waals surface area contributed by atoms with Crippen LogP contribution in [0.4, 0.5) is 4.79 Å². The highest BCUT2D eigenvalue weighted by atomic mass is 32.2. The zero-order valence-electron chi connectivity index (χ0n) is 13.6. The number of imide groups is 1. The first-order valence-corrected chi connectivity index (χ1v) is 8.71. The number of amides is 2. The maximum absolute atomic E-state index is 12.6. The van der Waals surface area contributed by atoms with E-state index in [1.165, 1.54) is 4.90 Å². The topological polar surface area (TPSA) is 50.5 Å². The minimum absolute atomic E-state index is 0.257. The Hall–Kier alpha value is -2.79. The van der Waals surface area contributed by atoms with Crippen LogP contribution in [0, 0.1) is 6.92 Å². The minimum Gasteiger partial charge on any atom is -0.462 e. The summed E-state index contributed by atoms with van der Waals surface area (Å²) in [6, 6.07) is 17.6. The van der Waals surface area contributed by atoms with Crippen LogP contribution in [-0.4, -0.2) is 16.0 Å². The summed E-state index contributed by atoms with van der Waals surface area (Å²) in [6.07, 6.45) is 1.62. The lowest BCUT2D eigenvalue weighted by molar-refractivity contribution is -0.123. The van der Waals surface area contributed by atoms with Crippen LogP contribution in [0.5, 0.6) is 0 Å². The second kappa shape index (κ2) is 6.26. The van der Waals surface area contributed by atoms with Crippen molar-refractivity contribution in [2.75, 3.05) is 0 Å². The van der Waals surface area contributed by atoms with E-state index in [0.29, 0.717) is 10.7 Å². The number of carbonyl (C=O) groups excluding carboxylic acids is 2. The van der Waals surface area contributed by atoms with E-state index in [2.05, 4.69) is 0 Å². The highest BCUT2D eigenvalue weighted by Crippen LogP contribution is 2.33. The first kappa shape index (κ1) is 15.7. The molecule has 1 fully saturated rings. The molecule has 0 radical (unpaired) electrons. The first-order valence-electron chi connectivity index (χ1n) is 7.90. The fourth-order valence-electron chi connectivity index (χ4n) is 2.82. The highest BCUT2D eigenvalue weighted by molar-refractivity contribution is 8.18. The van der Waals surface area contributed by atoms with Gasteiger partial charge in [-0.2, -0.15) is 0 Å². The third kappa shape index (κ3) is 3.10. The molecule has 5 heteroatoms. The number of fused-ring (bicyclic) bond motifs is 1. The van der Waals surface area contributed by atoms with Gasteiger partial charge in [-0.05, 0) is 53.2 Å². The van der Waals surface area contributed by atoms with Gasteiger partial charge in [0.05, 0.1) is 11.4 Å². The van der Waals surface area contributed by atoms with E-state index in [1.54, 1.807) is 12.1 Å². The number of furan rings is 1. The molecule has 0 unspecified atom stereocenters. The van der Waals surface area contributed by atoms with Crippen LogP contribution < -0.4 is 0 Å². The van der Waals surface area contributed by atoms with Gasteiger partial charge >= 0.3 is 0 Å². The Labute approximate surface area is 149 Å². The van der Waals surface area contributed by atoms with E-state index < -0.39 is 0 Å². The van der Waals surface area contributed by atoms with Crippen molar-refractivity contribution in [2.45, 2.75) is 13.5 Å². The Kier molecular flexibility index (Phi) is 3.93. The number of rotatable bonds is 3. The number of thioether (sulfide) groups is 1. The highest BCUT2D eigenvalue weighted by Gasteiger charge is 2.35. The molecule has 25 heavy (non-hydrogen) atoms. The number of hydrogen-bond donors (Lipinski definition) is 0. The van der Waals surface area contributed by atoms with Crippen molar-refractivity contribution in [2.24, 2.45) is 0 Å². The molecular weight excluding hydrogens is 334 g/mol. The summed E-state index contributed by atoms with van der Waals surface area (Å²) in [4.78, 5) is 26.5. The molecule has 2 heterocycles. The van der Waals surface area contributed by atoms with E-state index in [-0.39, 0.29) is 17.7 Å². The van der Waals surface area contributed by atoms with Gasteiger partial charge in [0.15, 0.2) is 0 Å². The molecule has 2 amide bonds. The zero-order valence-corrected chi connectivity index (χ0v) is 14.4. The number of hydrogen-bond acceptors (Lipinski definition) is 4. The summed E-state index contributed by atoms with van der Waals surface area (Å²) in [6.45, 7) is 2.10. The molecule has 0 aliphatic carbocycles. The maximum Gasteiger partial charge on any atom is 0.293 e. The second-order valence-corrected chi connectivity index (χ2v) is 6.89. The van der Waals surface area contributed by atoms with Crippen LogP contribution in [0.3, 0.4) is 0 Å². The van der Waals surface area contributed by atoms with Gasteiger partial charge in [0.25, 0.3) is 11.1 Å². The number of carbonyl (C=O) groups is 2. The average Bonchev–Trinajstić information content (AvgIpc) is 3.13. The molecule has 0 spiro atoms. The largest absolute Gasteiger partial charge is 0.462 e. The summed E-state index contributed by atoms with van der Waals surface area (Å²) in [5, 5.41) is 1.97. The maximum atomic E-state index is 12.6. The molecular formula is C20H15NO3S. The Morgan fingerprint density at radius 1 is 1.04 bits per heavy atom. The van der Waals surface area contributed by atoms with Gasteiger partial charge in [-0.15, -0.1) is 0 Å². The van der Waals surface area contributed by atoms with Crippen molar-refractivity contribution in [1.29, 1.82) is 0 Å². The van der Waals surface area contributed by atoms with Crippen LogP contribution >= 0.6 is 11.8 Å². The van der Waals surface area contributed by atoms with Gasteiger partial charge < -0.3 is 4.42 Å². The van der Waals surface area contributed by atoms with Gasteiger partial charge in [-0.1, -0.05) is 36.4 Å². The standard InChI is InChI=1S/C20H15NO3S/c1-13-6-9-17(24-13)11-18-19(22)21(20(23)25-18)12-14-7-8-15-4-2-3-5-16(15)10-14/h2-11H,12H2,1H3/b18-11-. The molecule has 1 aliphatic heterocycles. The van der Waals surface area contributed by atoms with Gasteiger partial charge in [0.2, 0.25) is 0 Å². The number of nitrogens with zero attached hydrogens (tertiary/aromatic N) is 1. The lowest BCUT2D eigenvalue weighted by atomic mass is 10.1. The Morgan fingerprint density at radius 2 is 1.84 bits per heavy atom. The Balaban J connectivity index is 1.58. The Bertz CT molecular complexity index is 1020. The summed E-state index contributed by atoms with van der Waals surface area (Å²) >= 11 is 0.947. The van der Waals surface area contributed by atoms with Gasteiger partial charge in [0, 0.05) is 6.08 Å². The summed E-state index contributed by atoms with van der Waals surface area (Å²) in [5.41, 5.74) is 0.927. The van der Waals surface area contributed by atoms with E-state index in [4.69, 9.17) is 4.42 Å². The number of aryl methyl sites for hydroxylation is 1. The quantitative estimate of drug-likeness (QED) is 0.626. The molecule has 1 aromatic heterocycles. The van der Waals surface area contributed by atoms with E-state index in [0.717, 1.165) is 33.9 Å². The number of benzene rings is 2. The van der Waals surface area contributed by atoms with Crippen LogP contribution in [0.1, 0.15) is 17.1 Å². The molecule has 3 aromatic rings. The van der Waals surface area contributed by atoms with Gasteiger partial charge in [-0.3, -0.25) is 14.5 Å². The predicted octanol–water partition coefficient (Wildman–Crippen LogP) is 4.98. The third-order valence-corrected chi connectivity index (χ3v) is 4.97. The lowest BCUT2D eigenvalue weighted by Crippen LogP contribution is -2.27. The smallest absolute Gasteiger partial charge is 0.293 e. The van der Waals surface area contributed by atoms with Crippen molar-refractivity contribution >= 4 is 39.8 Å². The van der Waals surface area contributed by atoms with Gasteiger partial charge in [-0.25, -0.2) is 0 Å². The molecule has 2 aromatic carbocycles. The fourth-order valence-corrected chi connectivity index (χ4v) is 3.63. The monoisotopic (exact) mass is 349 g/mol. The molecule has 4 nitrogen and oxygen atoms in total. The van der Waals surface area contributed by atoms with Crippen molar-refractivity contribution < 1.29 is 14.0 Å². The summed E-state index contributed by atoms with van der Waals surface area (Å²) in [7, 11) is 0. The normalized spacial score (nSPS) is 16.4. The molecule has 4 rings (SSSR count). The van der Waals surface area contributed by atoms with Crippen LogP contribution in [-0.2, 0) is 11.3 Å². The van der Waals surface area contributed by atoms with Crippen molar-refractivity contribution in [3.05, 3.63) is 76.6 Å². The van der Waals surface area contributed by atoms with Crippen molar-refractivity contribution in [1.82, 2.24) is 4.90 Å². The summed E-state index contributed by atoms with van der Waals surface area (Å²) < 4.78 is 5.46. The third-order valence-electron chi connectivity index (χ3n) is 4.06. The first-order chi connectivity index (χ1) is 12.1. The van der Waals surface area contributed by atoms with Crippen LogP contribution in [0.2, 0.25) is 0 Å². The van der Waals surface area contributed by atoms with Crippen LogP contribution in [0.15, 0.2) is 63.9 Å². The Morgan fingerprint density at radius 3 is 2.60 bits per heavy atom.